The van der Waals surface area contributed by atoms with Gasteiger partial charge in [0.05, 0.1) is 13.2 Å². The third-order valence-corrected chi connectivity index (χ3v) is 3.35. The van der Waals surface area contributed by atoms with Crippen molar-refractivity contribution in [1.82, 2.24) is 14.8 Å². The maximum Gasteiger partial charge on any atom is 0.137 e. The van der Waals surface area contributed by atoms with Crippen molar-refractivity contribution in [3.63, 3.8) is 0 Å². The summed E-state index contributed by atoms with van der Waals surface area (Å²) in [5, 5.41) is 4.15. The maximum absolute atomic E-state index is 5.83. The summed E-state index contributed by atoms with van der Waals surface area (Å²) in [5.41, 5.74) is 2.29. The van der Waals surface area contributed by atoms with Crippen LogP contribution in [0.2, 0.25) is 0 Å². The van der Waals surface area contributed by atoms with Crippen molar-refractivity contribution in [3.8, 4) is 0 Å². The second-order valence-corrected chi connectivity index (χ2v) is 4.55. The first-order chi connectivity index (χ1) is 8.28. The first-order valence-corrected chi connectivity index (χ1v) is 5.82. The van der Waals surface area contributed by atoms with Crippen molar-refractivity contribution in [2.24, 2.45) is 0 Å². The van der Waals surface area contributed by atoms with Crippen LogP contribution in [-0.2, 0) is 16.9 Å². The summed E-state index contributed by atoms with van der Waals surface area (Å²) in [6, 6.07) is 8.54. The van der Waals surface area contributed by atoms with Gasteiger partial charge in [-0.25, -0.2) is 9.67 Å². The topological polar surface area (TPSA) is 39.9 Å². The molecular weight excluding hydrogens is 214 g/mol. The van der Waals surface area contributed by atoms with Crippen LogP contribution in [0.4, 0.5) is 0 Å². The van der Waals surface area contributed by atoms with E-state index < -0.39 is 0 Å². The van der Waals surface area contributed by atoms with Crippen LogP contribution in [0.5, 0.6) is 0 Å². The molecule has 1 saturated heterocycles. The Kier molecular flexibility index (Phi) is 2.44. The molecule has 4 nitrogen and oxygen atoms in total. The SMILES string of the molecule is Cc1ccc(C2(Cn3cncn3)CCO2)cc1. The van der Waals surface area contributed by atoms with E-state index in [1.165, 1.54) is 11.1 Å². The number of hydrogen-bond acceptors (Lipinski definition) is 3. The molecule has 1 aliphatic heterocycles. The van der Waals surface area contributed by atoms with E-state index in [9.17, 15) is 0 Å². The van der Waals surface area contributed by atoms with E-state index in [-0.39, 0.29) is 5.60 Å². The van der Waals surface area contributed by atoms with Gasteiger partial charge < -0.3 is 4.74 Å². The zero-order valence-corrected chi connectivity index (χ0v) is 9.84. The molecule has 0 aliphatic carbocycles. The van der Waals surface area contributed by atoms with Crippen molar-refractivity contribution in [2.45, 2.75) is 25.5 Å². The summed E-state index contributed by atoms with van der Waals surface area (Å²) in [4.78, 5) is 3.97. The Labute approximate surface area is 100 Å². The molecule has 0 N–H and O–H groups in total. The number of aryl methyl sites for hydroxylation is 1. The van der Waals surface area contributed by atoms with Crippen molar-refractivity contribution >= 4 is 0 Å². The van der Waals surface area contributed by atoms with E-state index in [1.54, 1.807) is 12.7 Å². The van der Waals surface area contributed by atoms with E-state index in [0.717, 1.165) is 19.6 Å². The fourth-order valence-electron chi connectivity index (χ4n) is 2.23. The Bertz CT molecular complexity index is 486. The highest BCUT2D eigenvalue weighted by Gasteiger charge is 2.40. The van der Waals surface area contributed by atoms with E-state index in [0.29, 0.717) is 0 Å². The van der Waals surface area contributed by atoms with Crippen LogP contribution in [0.15, 0.2) is 36.9 Å². The highest BCUT2D eigenvalue weighted by molar-refractivity contribution is 5.28. The van der Waals surface area contributed by atoms with Gasteiger partial charge in [-0.3, -0.25) is 0 Å². The second-order valence-electron chi connectivity index (χ2n) is 4.55. The van der Waals surface area contributed by atoms with Gasteiger partial charge in [0.2, 0.25) is 0 Å². The molecule has 1 atom stereocenters. The summed E-state index contributed by atoms with van der Waals surface area (Å²) in [6.07, 6.45) is 4.33. The molecule has 1 aromatic heterocycles. The second kappa shape index (κ2) is 3.96. The minimum absolute atomic E-state index is 0.207. The van der Waals surface area contributed by atoms with Gasteiger partial charge in [0, 0.05) is 6.42 Å². The average Bonchev–Trinajstić information content (AvgIpc) is 2.77. The molecule has 0 bridgehead atoms. The molecule has 0 saturated carbocycles. The lowest BCUT2D eigenvalue weighted by atomic mass is 9.86. The summed E-state index contributed by atoms with van der Waals surface area (Å²) >= 11 is 0. The third kappa shape index (κ3) is 1.85. The lowest BCUT2D eigenvalue weighted by molar-refractivity contribution is -0.165. The summed E-state index contributed by atoms with van der Waals surface area (Å²) in [6.45, 7) is 3.65. The van der Waals surface area contributed by atoms with Crippen LogP contribution in [-0.4, -0.2) is 21.4 Å². The lowest BCUT2D eigenvalue weighted by Crippen LogP contribution is -2.44. The molecule has 0 amide bonds. The lowest BCUT2D eigenvalue weighted by Gasteiger charge is -2.42. The standard InChI is InChI=1S/C13H15N3O/c1-11-2-4-12(5-3-11)13(6-7-17-13)8-16-10-14-9-15-16/h2-5,9-10H,6-8H2,1H3. The zero-order chi connectivity index (χ0) is 11.7. The molecule has 0 spiro atoms. The maximum atomic E-state index is 5.83. The minimum atomic E-state index is -0.207. The molecule has 1 aliphatic rings. The van der Waals surface area contributed by atoms with Gasteiger partial charge in [0.1, 0.15) is 18.3 Å². The molecule has 0 radical (unpaired) electrons. The Morgan fingerprint density at radius 1 is 1.35 bits per heavy atom. The average molecular weight is 229 g/mol. The Morgan fingerprint density at radius 3 is 2.65 bits per heavy atom. The summed E-state index contributed by atoms with van der Waals surface area (Å²) in [7, 11) is 0. The van der Waals surface area contributed by atoms with Gasteiger partial charge >= 0.3 is 0 Å². The third-order valence-electron chi connectivity index (χ3n) is 3.35. The molecule has 4 heteroatoms. The predicted octanol–water partition coefficient (Wildman–Crippen LogP) is 1.90. The largest absolute Gasteiger partial charge is 0.368 e. The molecule has 2 aromatic rings. The number of ether oxygens (including phenoxy) is 1. The Morgan fingerprint density at radius 2 is 2.12 bits per heavy atom. The molecule has 88 valence electrons. The van der Waals surface area contributed by atoms with Crippen molar-refractivity contribution < 1.29 is 4.74 Å². The number of benzene rings is 1. The van der Waals surface area contributed by atoms with Gasteiger partial charge in [0.15, 0.2) is 0 Å². The van der Waals surface area contributed by atoms with Gasteiger partial charge in [0.25, 0.3) is 0 Å². The zero-order valence-electron chi connectivity index (χ0n) is 9.84. The first kappa shape index (κ1) is 10.5. The molecule has 1 unspecified atom stereocenters. The summed E-state index contributed by atoms with van der Waals surface area (Å²) in [5.74, 6) is 0. The highest BCUT2D eigenvalue weighted by atomic mass is 16.5. The molecule has 2 heterocycles. The van der Waals surface area contributed by atoms with E-state index in [2.05, 4.69) is 41.3 Å². The van der Waals surface area contributed by atoms with Gasteiger partial charge in [-0.05, 0) is 12.5 Å². The number of nitrogens with zero attached hydrogens (tertiary/aromatic N) is 3. The smallest absolute Gasteiger partial charge is 0.137 e. The van der Waals surface area contributed by atoms with Gasteiger partial charge in [-0.1, -0.05) is 29.8 Å². The number of rotatable bonds is 3. The van der Waals surface area contributed by atoms with Gasteiger partial charge in [-0.2, -0.15) is 5.10 Å². The van der Waals surface area contributed by atoms with Crippen LogP contribution in [0, 0.1) is 6.92 Å². The highest BCUT2D eigenvalue weighted by Crippen LogP contribution is 2.38. The molecular formula is C13H15N3O. The molecule has 1 fully saturated rings. The quantitative estimate of drug-likeness (QED) is 0.807. The monoisotopic (exact) mass is 229 g/mol. The van der Waals surface area contributed by atoms with E-state index >= 15 is 0 Å². The summed E-state index contributed by atoms with van der Waals surface area (Å²) < 4.78 is 7.66. The van der Waals surface area contributed by atoms with Crippen molar-refractivity contribution in [3.05, 3.63) is 48.0 Å². The van der Waals surface area contributed by atoms with Crippen LogP contribution in [0.25, 0.3) is 0 Å². The molecule has 17 heavy (non-hydrogen) atoms. The Balaban J connectivity index is 1.89. The van der Waals surface area contributed by atoms with Crippen LogP contribution in [0.1, 0.15) is 17.5 Å². The van der Waals surface area contributed by atoms with Crippen LogP contribution in [0.3, 0.4) is 0 Å². The predicted molar refractivity (Wildman–Crippen MR) is 63.4 cm³/mol. The normalized spacial score (nSPS) is 23.4. The van der Waals surface area contributed by atoms with E-state index in [4.69, 9.17) is 4.74 Å². The van der Waals surface area contributed by atoms with E-state index in [1.807, 2.05) is 4.68 Å². The minimum Gasteiger partial charge on any atom is -0.368 e. The van der Waals surface area contributed by atoms with Gasteiger partial charge in [-0.15, -0.1) is 0 Å². The molecule has 3 rings (SSSR count). The van der Waals surface area contributed by atoms with Crippen molar-refractivity contribution in [2.75, 3.05) is 6.61 Å². The Hall–Kier alpha value is -1.68. The fraction of sp³-hybridized carbons (Fsp3) is 0.385. The van der Waals surface area contributed by atoms with Crippen LogP contribution < -0.4 is 0 Å². The first-order valence-electron chi connectivity index (χ1n) is 5.82. The fourth-order valence-corrected chi connectivity index (χ4v) is 2.23. The van der Waals surface area contributed by atoms with Crippen LogP contribution >= 0.6 is 0 Å². The number of aromatic nitrogens is 3. The van der Waals surface area contributed by atoms with Crippen molar-refractivity contribution in [1.29, 1.82) is 0 Å². The molecule has 1 aromatic carbocycles. The number of hydrogen-bond donors (Lipinski definition) is 0.